The number of fused-ring (bicyclic) bond motifs is 3. The zero-order chi connectivity index (χ0) is 19.3. The first-order valence-electron chi connectivity index (χ1n) is 10.2. The van der Waals surface area contributed by atoms with Crippen LogP contribution in [0.3, 0.4) is 0 Å². The molecule has 0 radical (unpaired) electrons. The predicted molar refractivity (Wildman–Crippen MR) is 111 cm³/mol. The normalized spacial score (nSPS) is 24.4. The van der Waals surface area contributed by atoms with Crippen LogP contribution in [0.5, 0.6) is 0 Å². The quantitative estimate of drug-likeness (QED) is 0.586. The number of guanidine groups is 1. The van der Waals surface area contributed by atoms with Gasteiger partial charge in [0, 0.05) is 57.4 Å². The largest absolute Gasteiger partial charge is 0.444 e. The number of rotatable bonds is 6. The van der Waals surface area contributed by atoms with Crippen molar-refractivity contribution in [2.75, 3.05) is 45.8 Å². The molecule has 2 aromatic rings. The minimum atomic E-state index is 0.491. The van der Waals surface area contributed by atoms with Crippen molar-refractivity contribution in [1.29, 1.82) is 0 Å². The number of nitrogens with zero attached hydrogens (tertiary/aromatic N) is 4. The molecule has 1 atom stereocenters. The van der Waals surface area contributed by atoms with E-state index in [1.54, 1.807) is 6.26 Å². The van der Waals surface area contributed by atoms with Gasteiger partial charge in [0.15, 0.2) is 5.96 Å². The van der Waals surface area contributed by atoms with Crippen molar-refractivity contribution >= 4 is 5.96 Å². The second-order valence-electron chi connectivity index (χ2n) is 7.58. The van der Waals surface area contributed by atoms with Gasteiger partial charge in [0.2, 0.25) is 5.89 Å². The van der Waals surface area contributed by atoms with Crippen molar-refractivity contribution in [3.8, 4) is 11.5 Å². The Hall–Kier alpha value is -2.38. The molecule has 3 aliphatic rings. The first kappa shape index (κ1) is 19.0. The lowest BCUT2D eigenvalue weighted by Crippen LogP contribution is -2.63. The molecule has 3 fully saturated rings. The Bertz CT molecular complexity index is 791. The third-order valence-corrected chi connectivity index (χ3v) is 5.49. The molecule has 7 heteroatoms. The molecule has 3 saturated heterocycles. The van der Waals surface area contributed by atoms with E-state index in [2.05, 4.69) is 51.4 Å². The van der Waals surface area contributed by atoms with Gasteiger partial charge in [-0.05, 0) is 26.0 Å². The molecule has 4 heterocycles. The van der Waals surface area contributed by atoms with Gasteiger partial charge in [-0.2, -0.15) is 0 Å². The van der Waals surface area contributed by atoms with E-state index >= 15 is 0 Å². The van der Waals surface area contributed by atoms with Crippen LogP contribution in [-0.4, -0.2) is 72.6 Å². The van der Waals surface area contributed by atoms with E-state index in [9.17, 15) is 0 Å². The summed E-state index contributed by atoms with van der Waals surface area (Å²) in [6.45, 7) is 12.3. The second kappa shape index (κ2) is 8.75. The van der Waals surface area contributed by atoms with Gasteiger partial charge >= 0.3 is 0 Å². The highest BCUT2D eigenvalue weighted by atomic mass is 16.3. The Morgan fingerprint density at radius 1 is 1.18 bits per heavy atom. The number of nitrogens with one attached hydrogen (secondary N) is 2. The van der Waals surface area contributed by atoms with Gasteiger partial charge in [0.1, 0.15) is 12.0 Å². The zero-order valence-corrected chi connectivity index (χ0v) is 16.8. The van der Waals surface area contributed by atoms with Crippen LogP contribution in [0.15, 0.2) is 39.9 Å². The highest BCUT2D eigenvalue weighted by molar-refractivity contribution is 5.79. The number of benzene rings is 1. The van der Waals surface area contributed by atoms with E-state index in [0.717, 1.165) is 36.9 Å². The molecule has 3 aliphatic heterocycles. The summed E-state index contributed by atoms with van der Waals surface area (Å²) in [7, 11) is 0. The Labute approximate surface area is 166 Å². The highest BCUT2D eigenvalue weighted by Crippen LogP contribution is 2.19. The van der Waals surface area contributed by atoms with Crippen LogP contribution in [0.4, 0.5) is 0 Å². The van der Waals surface area contributed by atoms with Crippen LogP contribution in [-0.2, 0) is 6.54 Å². The van der Waals surface area contributed by atoms with E-state index in [1.165, 1.54) is 31.7 Å². The van der Waals surface area contributed by atoms with E-state index in [-0.39, 0.29) is 0 Å². The molecule has 2 bridgehead atoms. The van der Waals surface area contributed by atoms with Crippen molar-refractivity contribution in [2.24, 2.45) is 4.99 Å². The van der Waals surface area contributed by atoms with Crippen LogP contribution in [0.2, 0.25) is 0 Å². The van der Waals surface area contributed by atoms with Crippen LogP contribution in [0.1, 0.15) is 18.2 Å². The number of piperazine rings is 3. The minimum Gasteiger partial charge on any atom is -0.444 e. The fraction of sp³-hybridized carbons (Fsp3) is 0.524. The minimum absolute atomic E-state index is 0.491. The summed E-state index contributed by atoms with van der Waals surface area (Å²) in [6, 6.07) is 8.75. The standard InChI is InChI=1S/C21H30N6O/c1-3-22-21(24-13-19-14-26-8-10-27(19)11-9-26)23-12-18-15-28-20(25-18)17-6-4-16(2)5-7-17/h4-7,15,19H,3,8-14H2,1-2H3,(H2,22,23,24). The molecule has 0 saturated carbocycles. The first-order chi connectivity index (χ1) is 13.7. The molecular weight excluding hydrogens is 352 g/mol. The van der Waals surface area contributed by atoms with E-state index < -0.39 is 0 Å². The first-order valence-corrected chi connectivity index (χ1v) is 10.2. The van der Waals surface area contributed by atoms with Gasteiger partial charge in [-0.25, -0.2) is 9.98 Å². The number of oxazole rings is 1. The maximum Gasteiger partial charge on any atom is 0.226 e. The SMILES string of the molecule is CCNC(=NCc1coc(-c2ccc(C)cc2)n1)NCC1CN2CCN1CC2. The molecule has 5 rings (SSSR count). The van der Waals surface area contributed by atoms with E-state index in [0.29, 0.717) is 18.5 Å². The van der Waals surface area contributed by atoms with Crippen molar-refractivity contribution < 1.29 is 4.42 Å². The molecule has 0 aliphatic carbocycles. The predicted octanol–water partition coefficient (Wildman–Crippen LogP) is 1.70. The molecular formula is C21H30N6O. The average molecular weight is 383 g/mol. The summed E-state index contributed by atoms with van der Waals surface area (Å²) >= 11 is 0. The molecule has 28 heavy (non-hydrogen) atoms. The fourth-order valence-electron chi connectivity index (χ4n) is 3.84. The summed E-state index contributed by atoms with van der Waals surface area (Å²) in [4.78, 5) is 14.4. The van der Waals surface area contributed by atoms with Crippen LogP contribution < -0.4 is 10.6 Å². The molecule has 1 aromatic carbocycles. The highest BCUT2D eigenvalue weighted by Gasteiger charge is 2.31. The number of aryl methyl sites for hydroxylation is 1. The van der Waals surface area contributed by atoms with Crippen LogP contribution in [0, 0.1) is 6.92 Å². The van der Waals surface area contributed by atoms with Crippen molar-refractivity contribution in [1.82, 2.24) is 25.4 Å². The Kier molecular flexibility index (Phi) is 5.92. The van der Waals surface area contributed by atoms with Crippen LogP contribution >= 0.6 is 0 Å². The molecule has 0 amide bonds. The van der Waals surface area contributed by atoms with Gasteiger partial charge in [-0.3, -0.25) is 9.80 Å². The maximum absolute atomic E-state index is 5.64. The Morgan fingerprint density at radius 3 is 2.64 bits per heavy atom. The maximum atomic E-state index is 5.64. The molecule has 2 N–H and O–H groups in total. The van der Waals surface area contributed by atoms with Gasteiger partial charge < -0.3 is 15.1 Å². The average Bonchev–Trinajstić information content (AvgIpc) is 3.20. The lowest BCUT2D eigenvalue weighted by atomic mass is 10.1. The smallest absolute Gasteiger partial charge is 0.226 e. The number of hydrogen-bond donors (Lipinski definition) is 2. The molecule has 1 unspecified atom stereocenters. The molecule has 7 nitrogen and oxygen atoms in total. The summed E-state index contributed by atoms with van der Waals surface area (Å²) in [6.07, 6.45) is 1.70. The Morgan fingerprint density at radius 2 is 1.96 bits per heavy atom. The monoisotopic (exact) mass is 382 g/mol. The number of aromatic nitrogens is 1. The summed E-state index contributed by atoms with van der Waals surface area (Å²) in [5.74, 6) is 1.48. The lowest BCUT2D eigenvalue weighted by molar-refractivity contribution is 0.0154. The number of hydrogen-bond acceptors (Lipinski definition) is 5. The van der Waals surface area contributed by atoms with Crippen molar-refractivity contribution in [3.63, 3.8) is 0 Å². The lowest BCUT2D eigenvalue weighted by Gasteiger charge is -2.47. The fourth-order valence-corrected chi connectivity index (χ4v) is 3.84. The zero-order valence-electron chi connectivity index (χ0n) is 16.8. The summed E-state index contributed by atoms with van der Waals surface area (Å²) in [5, 5.41) is 6.83. The van der Waals surface area contributed by atoms with E-state index in [1.807, 2.05) is 12.1 Å². The molecule has 0 spiro atoms. The van der Waals surface area contributed by atoms with Gasteiger partial charge in [-0.1, -0.05) is 17.7 Å². The van der Waals surface area contributed by atoms with Gasteiger partial charge in [-0.15, -0.1) is 0 Å². The van der Waals surface area contributed by atoms with E-state index in [4.69, 9.17) is 9.41 Å². The van der Waals surface area contributed by atoms with Crippen molar-refractivity contribution in [3.05, 3.63) is 41.8 Å². The third-order valence-electron chi connectivity index (χ3n) is 5.49. The molecule has 150 valence electrons. The number of aliphatic imine (C=N–C) groups is 1. The molecule has 1 aromatic heterocycles. The van der Waals surface area contributed by atoms with Gasteiger partial charge in [0.05, 0.1) is 6.54 Å². The van der Waals surface area contributed by atoms with Crippen LogP contribution in [0.25, 0.3) is 11.5 Å². The third kappa shape index (κ3) is 4.54. The second-order valence-corrected chi connectivity index (χ2v) is 7.58. The van der Waals surface area contributed by atoms with Crippen molar-refractivity contribution in [2.45, 2.75) is 26.4 Å². The Balaban J connectivity index is 1.35. The topological polar surface area (TPSA) is 68.9 Å². The van der Waals surface area contributed by atoms with Gasteiger partial charge in [0.25, 0.3) is 0 Å². The summed E-state index contributed by atoms with van der Waals surface area (Å²) in [5.41, 5.74) is 3.04. The summed E-state index contributed by atoms with van der Waals surface area (Å²) < 4.78 is 5.64.